The fourth-order valence-electron chi connectivity index (χ4n) is 1.62. The summed E-state index contributed by atoms with van der Waals surface area (Å²) in [7, 11) is -1.46. The summed E-state index contributed by atoms with van der Waals surface area (Å²) < 4.78 is 22.3. The molecule has 3 N–H and O–H groups in total. The smallest absolute Gasteiger partial charge is 0.318 e. The van der Waals surface area contributed by atoms with E-state index in [4.69, 9.17) is 0 Å². The molecule has 0 saturated heterocycles. The van der Waals surface area contributed by atoms with Crippen molar-refractivity contribution in [3.05, 3.63) is 24.3 Å². The molecule has 0 aliphatic carbocycles. The van der Waals surface area contributed by atoms with Crippen LogP contribution in [0.4, 0.5) is 16.2 Å². The monoisotopic (exact) mass is 285 g/mol. The van der Waals surface area contributed by atoms with Gasteiger partial charge in [0.2, 0.25) is 0 Å². The van der Waals surface area contributed by atoms with Gasteiger partial charge in [0, 0.05) is 30.7 Å². The van der Waals surface area contributed by atoms with E-state index in [1.165, 1.54) is 13.3 Å². The number of benzene rings is 1. The molecule has 1 atom stereocenters. The highest BCUT2D eigenvalue weighted by molar-refractivity contribution is 7.90. The van der Waals surface area contributed by atoms with Gasteiger partial charge in [-0.25, -0.2) is 13.2 Å². The lowest BCUT2D eigenvalue weighted by Crippen LogP contribution is -2.25. The van der Waals surface area contributed by atoms with Crippen molar-refractivity contribution in [3.8, 4) is 0 Å². The lowest BCUT2D eigenvalue weighted by atomic mass is 10.2. The van der Waals surface area contributed by atoms with Crippen molar-refractivity contribution in [2.75, 3.05) is 29.7 Å². The number of rotatable bonds is 5. The Hall–Kier alpha value is -1.76. The average Bonchev–Trinajstić information content (AvgIpc) is 2.29. The molecule has 0 fully saturated rings. The van der Waals surface area contributed by atoms with Gasteiger partial charge in [-0.05, 0) is 31.2 Å². The molecule has 19 heavy (non-hydrogen) atoms. The normalized spacial score (nSPS) is 12.6. The molecule has 0 spiro atoms. The van der Waals surface area contributed by atoms with Crippen LogP contribution in [0.3, 0.4) is 0 Å². The Balaban J connectivity index is 2.59. The maximum atomic E-state index is 11.1. The van der Waals surface area contributed by atoms with E-state index in [1.807, 2.05) is 0 Å². The first-order valence-electron chi connectivity index (χ1n) is 5.83. The second-order valence-corrected chi connectivity index (χ2v) is 6.60. The molecule has 0 aliphatic rings. The summed E-state index contributed by atoms with van der Waals surface area (Å²) in [5.74, 6) is 0.0746. The molecule has 0 bridgehead atoms. The zero-order chi connectivity index (χ0) is 14.5. The number of hydrogen-bond acceptors (Lipinski definition) is 4. The Morgan fingerprint density at radius 3 is 2.21 bits per heavy atom. The minimum atomic E-state index is -3.00. The number of hydrogen-bond donors (Lipinski definition) is 3. The van der Waals surface area contributed by atoms with E-state index in [-0.39, 0.29) is 17.8 Å². The SMILES string of the molecule is CNC(=O)Nc1ccc(NC(C)CS(C)(=O)=O)cc1. The zero-order valence-electron chi connectivity index (χ0n) is 11.2. The van der Waals surface area contributed by atoms with E-state index in [9.17, 15) is 13.2 Å². The molecule has 0 aliphatic heterocycles. The van der Waals surface area contributed by atoms with Crippen molar-refractivity contribution in [1.82, 2.24) is 5.32 Å². The minimum absolute atomic E-state index is 0.0746. The van der Waals surface area contributed by atoms with Gasteiger partial charge in [-0.15, -0.1) is 0 Å². The number of amides is 2. The molecule has 1 rings (SSSR count). The van der Waals surface area contributed by atoms with Gasteiger partial charge < -0.3 is 16.0 Å². The number of nitrogens with one attached hydrogen (secondary N) is 3. The first-order valence-corrected chi connectivity index (χ1v) is 7.89. The summed E-state index contributed by atoms with van der Waals surface area (Å²) in [4.78, 5) is 11.1. The van der Waals surface area contributed by atoms with Gasteiger partial charge in [0.1, 0.15) is 9.84 Å². The van der Waals surface area contributed by atoms with Crippen LogP contribution in [0.25, 0.3) is 0 Å². The molecule has 106 valence electrons. The highest BCUT2D eigenvalue weighted by Gasteiger charge is 2.10. The molecule has 1 unspecified atom stereocenters. The van der Waals surface area contributed by atoms with Gasteiger partial charge in [0.05, 0.1) is 5.75 Å². The Morgan fingerprint density at radius 2 is 1.74 bits per heavy atom. The second-order valence-electron chi connectivity index (χ2n) is 4.42. The van der Waals surface area contributed by atoms with E-state index in [2.05, 4.69) is 16.0 Å². The number of sulfone groups is 1. The Labute approximate surface area is 113 Å². The van der Waals surface area contributed by atoms with Crippen molar-refractivity contribution in [1.29, 1.82) is 0 Å². The molecule has 0 heterocycles. The van der Waals surface area contributed by atoms with Gasteiger partial charge in [0.25, 0.3) is 0 Å². The predicted molar refractivity (Wildman–Crippen MR) is 77.3 cm³/mol. The third kappa shape index (κ3) is 6.10. The van der Waals surface area contributed by atoms with Gasteiger partial charge >= 0.3 is 6.03 Å². The van der Waals surface area contributed by atoms with Crippen LogP contribution in [0.2, 0.25) is 0 Å². The molecule has 0 saturated carbocycles. The second kappa shape index (κ2) is 6.42. The van der Waals surface area contributed by atoms with E-state index in [0.717, 1.165) is 5.69 Å². The van der Waals surface area contributed by atoms with Crippen LogP contribution >= 0.6 is 0 Å². The zero-order valence-corrected chi connectivity index (χ0v) is 12.0. The molecule has 2 amide bonds. The van der Waals surface area contributed by atoms with Crippen LogP contribution in [0.15, 0.2) is 24.3 Å². The minimum Gasteiger partial charge on any atom is -0.382 e. The molecule has 0 aromatic heterocycles. The first-order chi connectivity index (χ1) is 8.80. The van der Waals surface area contributed by atoms with Crippen molar-refractivity contribution in [2.45, 2.75) is 13.0 Å². The van der Waals surface area contributed by atoms with Crippen LogP contribution < -0.4 is 16.0 Å². The van der Waals surface area contributed by atoms with Crippen molar-refractivity contribution >= 4 is 27.2 Å². The number of urea groups is 1. The molecule has 0 radical (unpaired) electrons. The van der Waals surface area contributed by atoms with Gasteiger partial charge in [0.15, 0.2) is 0 Å². The van der Waals surface area contributed by atoms with E-state index in [1.54, 1.807) is 31.2 Å². The summed E-state index contributed by atoms with van der Waals surface area (Å²) in [5.41, 5.74) is 1.47. The molecular weight excluding hydrogens is 266 g/mol. The van der Waals surface area contributed by atoms with Gasteiger partial charge in [-0.3, -0.25) is 0 Å². The Morgan fingerprint density at radius 1 is 1.21 bits per heavy atom. The van der Waals surface area contributed by atoms with Crippen LogP contribution in [0.1, 0.15) is 6.92 Å². The molecular formula is C12H19N3O3S. The van der Waals surface area contributed by atoms with E-state index in [0.29, 0.717) is 5.69 Å². The van der Waals surface area contributed by atoms with E-state index >= 15 is 0 Å². The largest absolute Gasteiger partial charge is 0.382 e. The summed E-state index contributed by atoms with van der Waals surface area (Å²) in [5, 5.41) is 8.18. The summed E-state index contributed by atoms with van der Waals surface area (Å²) in [6.45, 7) is 1.80. The lowest BCUT2D eigenvalue weighted by molar-refractivity contribution is 0.254. The lowest BCUT2D eigenvalue weighted by Gasteiger charge is -2.14. The Bertz CT molecular complexity index is 526. The summed E-state index contributed by atoms with van der Waals surface area (Å²) in [6, 6.07) is 6.59. The van der Waals surface area contributed by atoms with Crippen LogP contribution in [-0.4, -0.2) is 39.5 Å². The standard InChI is InChI=1S/C12H19N3O3S/c1-9(8-19(3,17)18)14-10-4-6-11(7-5-10)15-12(16)13-2/h4-7,9,14H,8H2,1-3H3,(H2,13,15,16). The summed E-state index contributed by atoms with van der Waals surface area (Å²) in [6.07, 6.45) is 1.21. The summed E-state index contributed by atoms with van der Waals surface area (Å²) >= 11 is 0. The molecule has 6 nitrogen and oxygen atoms in total. The van der Waals surface area contributed by atoms with Crippen LogP contribution in [0, 0.1) is 0 Å². The molecule has 1 aromatic carbocycles. The van der Waals surface area contributed by atoms with Crippen LogP contribution in [0.5, 0.6) is 0 Å². The van der Waals surface area contributed by atoms with E-state index < -0.39 is 9.84 Å². The maximum absolute atomic E-state index is 11.1. The number of carbonyl (C=O) groups excluding carboxylic acids is 1. The maximum Gasteiger partial charge on any atom is 0.318 e. The molecule has 7 heteroatoms. The third-order valence-corrected chi connectivity index (χ3v) is 3.44. The predicted octanol–water partition coefficient (Wildman–Crippen LogP) is 1.28. The number of anilines is 2. The fraction of sp³-hybridized carbons (Fsp3) is 0.417. The number of carbonyl (C=O) groups is 1. The van der Waals surface area contributed by atoms with Crippen molar-refractivity contribution in [3.63, 3.8) is 0 Å². The quantitative estimate of drug-likeness (QED) is 0.760. The Kier molecular flexibility index (Phi) is 5.17. The highest BCUT2D eigenvalue weighted by Crippen LogP contribution is 2.14. The van der Waals surface area contributed by atoms with Gasteiger partial charge in [-0.2, -0.15) is 0 Å². The van der Waals surface area contributed by atoms with Crippen molar-refractivity contribution < 1.29 is 13.2 Å². The van der Waals surface area contributed by atoms with Crippen molar-refractivity contribution in [2.24, 2.45) is 0 Å². The average molecular weight is 285 g/mol. The third-order valence-electron chi connectivity index (χ3n) is 2.34. The fourth-order valence-corrected chi connectivity index (χ4v) is 2.62. The highest BCUT2D eigenvalue weighted by atomic mass is 32.2. The van der Waals surface area contributed by atoms with Crippen LogP contribution in [-0.2, 0) is 9.84 Å². The topological polar surface area (TPSA) is 87.3 Å². The molecule has 1 aromatic rings. The first kappa shape index (κ1) is 15.3. The van der Waals surface area contributed by atoms with Gasteiger partial charge in [-0.1, -0.05) is 0 Å².